The average Bonchev–Trinajstić information content (AvgIpc) is 2.94. The number of hydrogen-bond donors (Lipinski definition) is 0. The lowest BCUT2D eigenvalue weighted by Gasteiger charge is -2.45. The lowest BCUT2D eigenvalue weighted by Crippen LogP contribution is -2.43. The van der Waals surface area contributed by atoms with Gasteiger partial charge in [0.15, 0.2) is 0 Å². The summed E-state index contributed by atoms with van der Waals surface area (Å²) in [6.45, 7) is 4.13. The van der Waals surface area contributed by atoms with E-state index in [1.54, 1.807) is 0 Å². The van der Waals surface area contributed by atoms with Crippen molar-refractivity contribution < 1.29 is 0 Å². The van der Waals surface area contributed by atoms with E-state index in [0.29, 0.717) is 11.8 Å². The van der Waals surface area contributed by atoms with Crippen LogP contribution in [-0.4, -0.2) is 6.21 Å². The second kappa shape index (κ2) is 6.06. The van der Waals surface area contributed by atoms with Gasteiger partial charge in [-0.15, -0.1) is 6.58 Å². The molecule has 3 atom stereocenters. The van der Waals surface area contributed by atoms with E-state index in [9.17, 15) is 0 Å². The lowest BCUT2D eigenvalue weighted by molar-refractivity contribution is 0.269. The molecular weight excluding hydrogens is 337 g/mol. The van der Waals surface area contributed by atoms with Crippen molar-refractivity contribution in [3.8, 4) is 0 Å². The Morgan fingerprint density at radius 1 is 1.08 bits per heavy atom. The Bertz CT molecular complexity index is 826. The highest BCUT2D eigenvalue weighted by Crippen LogP contribution is 2.56. The minimum atomic E-state index is -0.148. The third-order valence-electron chi connectivity index (χ3n) is 5.58. The van der Waals surface area contributed by atoms with Crippen molar-refractivity contribution in [2.75, 3.05) is 0 Å². The molecule has 24 heavy (non-hydrogen) atoms. The Balaban J connectivity index is 1.92. The number of hydrogen-bond acceptors (Lipinski definition) is 1. The number of fused-ring (bicyclic) bond motifs is 2. The molecule has 0 saturated heterocycles. The van der Waals surface area contributed by atoms with Crippen molar-refractivity contribution in [3.63, 3.8) is 0 Å². The number of rotatable bonds is 2. The smallest absolute Gasteiger partial charge is 0.0682 e. The van der Waals surface area contributed by atoms with Crippen LogP contribution in [-0.2, 0) is 5.41 Å². The zero-order chi connectivity index (χ0) is 16.7. The molecule has 1 aliphatic carbocycles. The fourth-order valence-corrected chi connectivity index (χ4v) is 4.92. The van der Waals surface area contributed by atoms with E-state index in [1.807, 2.05) is 24.3 Å². The minimum Gasteiger partial charge on any atom is -0.260 e. The van der Waals surface area contributed by atoms with Crippen LogP contribution >= 0.6 is 23.2 Å². The lowest BCUT2D eigenvalue weighted by atomic mass is 9.56. The third-order valence-corrected chi connectivity index (χ3v) is 6.05. The SMILES string of the molecule is C=CC1CCCC(c2cccc(Cl)c2)C12C=Nc1cc(Cl)ccc12. The first-order valence-electron chi connectivity index (χ1n) is 8.38. The van der Waals surface area contributed by atoms with E-state index in [1.165, 1.54) is 17.5 Å². The molecule has 0 aromatic heterocycles. The number of allylic oxidation sites excluding steroid dienone is 1. The van der Waals surface area contributed by atoms with E-state index < -0.39 is 0 Å². The van der Waals surface area contributed by atoms with Crippen molar-refractivity contribution >= 4 is 35.1 Å². The first-order chi connectivity index (χ1) is 11.6. The molecule has 3 unspecified atom stereocenters. The van der Waals surface area contributed by atoms with Gasteiger partial charge in [-0.25, -0.2) is 0 Å². The predicted molar refractivity (Wildman–Crippen MR) is 103 cm³/mol. The van der Waals surface area contributed by atoms with Gasteiger partial charge in [-0.05, 0) is 60.1 Å². The Morgan fingerprint density at radius 3 is 2.71 bits per heavy atom. The Morgan fingerprint density at radius 2 is 1.92 bits per heavy atom. The molecular formula is C21H19Cl2N. The summed E-state index contributed by atoms with van der Waals surface area (Å²) in [6, 6.07) is 14.3. The van der Waals surface area contributed by atoms with Crippen LogP contribution in [0.1, 0.15) is 36.3 Å². The zero-order valence-corrected chi connectivity index (χ0v) is 14.9. The Hall–Kier alpha value is -1.57. The number of benzene rings is 2. The van der Waals surface area contributed by atoms with Crippen LogP contribution in [0.5, 0.6) is 0 Å². The normalized spacial score (nSPS) is 28.1. The number of nitrogens with zero attached hydrogens (tertiary/aromatic N) is 1. The maximum atomic E-state index is 6.28. The van der Waals surface area contributed by atoms with Gasteiger partial charge >= 0.3 is 0 Å². The number of halogens is 2. The fraction of sp³-hybridized carbons (Fsp3) is 0.286. The molecule has 0 N–H and O–H groups in total. The monoisotopic (exact) mass is 355 g/mol. The second-order valence-corrected chi connectivity index (χ2v) is 7.61. The van der Waals surface area contributed by atoms with E-state index >= 15 is 0 Å². The minimum absolute atomic E-state index is 0.148. The topological polar surface area (TPSA) is 12.4 Å². The van der Waals surface area contributed by atoms with E-state index in [4.69, 9.17) is 28.2 Å². The molecule has 1 spiro atoms. The molecule has 0 radical (unpaired) electrons. The molecule has 2 aromatic carbocycles. The molecule has 3 heteroatoms. The van der Waals surface area contributed by atoms with Crippen molar-refractivity contribution in [3.05, 3.63) is 76.3 Å². The summed E-state index contributed by atoms with van der Waals surface area (Å²) in [7, 11) is 0. The maximum absolute atomic E-state index is 6.28. The van der Waals surface area contributed by atoms with Gasteiger partial charge in [0.25, 0.3) is 0 Å². The van der Waals surface area contributed by atoms with E-state index in [2.05, 4.69) is 37.1 Å². The van der Waals surface area contributed by atoms with Crippen LogP contribution in [0, 0.1) is 5.92 Å². The van der Waals surface area contributed by atoms with Crippen LogP contribution in [0.4, 0.5) is 5.69 Å². The summed E-state index contributed by atoms with van der Waals surface area (Å²) in [5, 5.41) is 1.52. The Labute approximate surface area is 153 Å². The molecule has 0 amide bonds. The highest BCUT2D eigenvalue weighted by molar-refractivity contribution is 6.31. The molecule has 1 aliphatic heterocycles. The van der Waals surface area contributed by atoms with Crippen LogP contribution in [0.2, 0.25) is 10.0 Å². The van der Waals surface area contributed by atoms with Gasteiger partial charge < -0.3 is 0 Å². The molecule has 2 aromatic rings. The summed E-state index contributed by atoms with van der Waals surface area (Å²) in [4.78, 5) is 4.74. The maximum Gasteiger partial charge on any atom is 0.0682 e. The molecule has 2 aliphatic rings. The second-order valence-electron chi connectivity index (χ2n) is 6.73. The summed E-state index contributed by atoms with van der Waals surface area (Å²) in [6.07, 6.45) is 7.69. The van der Waals surface area contributed by atoms with Crippen LogP contribution in [0.3, 0.4) is 0 Å². The van der Waals surface area contributed by atoms with Crippen molar-refractivity contribution in [2.24, 2.45) is 10.9 Å². The Kier molecular flexibility index (Phi) is 4.02. The zero-order valence-electron chi connectivity index (χ0n) is 13.4. The summed E-state index contributed by atoms with van der Waals surface area (Å²) in [5.41, 5.74) is 3.39. The molecule has 1 saturated carbocycles. The predicted octanol–water partition coefficient (Wildman–Crippen LogP) is 6.72. The molecule has 0 bridgehead atoms. The summed E-state index contributed by atoms with van der Waals surface area (Å²) >= 11 is 12.5. The van der Waals surface area contributed by atoms with Gasteiger partial charge in [0.2, 0.25) is 0 Å². The van der Waals surface area contributed by atoms with Crippen LogP contribution < -0.4 is 0 Å². The number of aliphatic imine (C=N–C) groups is 1. The molecule has 122 valence electrons. The van der Waals surface area contributed by atoms with E-state index in [-0.39, 0.29) is 5.41 Å². The molecule has 1 fully saturated rings. The van der Waals surface area contributed by atoms with Gasteiger partial charge in [0, 0.05) is 21.7 Å². The van der Waals surface area contributed by atoms with Gasteiger partial charge in [-0.3, -0.25) is 4.99 Å². The standard InChI is InChI=1S/C21H19Cl2N/c1-2-15-6-4-8-18(14-5-3-7-16(22)11-14)21(15)13-24-20-12-17(23)9-10-19(20)21/h2-3,5,7,9-13,15,18H,1,4,6,8H2. The van der Waals surface area contributed by atoms with Crippen LogP contribution in [0.15, 0.2) is 60.1 Å². The quantitative estimate of drug-likeness (QED) is 0.530. The summed E-state index contributed by atoms with van der Waals surface area (Å²) in [5.74, 6) is 0.709. The summed E-state index contributed by atoms with van der Waals surface area (Å²) < 4.78 is 0. The first kappa shape index (κ1) is 15.9. The first-order valence-corrected chi connectivity index (χ1v) is 9.14. The fourth-order valence-electron chi connectivity index (χ4n) is 4.55. The van der Waals surface area contributed by atoms with Gasteiger partial charge in [0.05, 0.1) is 5.69 Å². The van der Waals surface area contributed by atoms with Gasteiger partial charge in [-0.2, -0.15) is 0 Å². The molecule has 1 heterocycles. The van der Waals surface area contributed by atoms with Crippen molar-refractivity contribution in [2.45, 2.75) is 30.6 Å². The van der Waals surface area contributed by atoms with Crippen LogP contribution in [0.25, 0.3) is 0 Å². The van der Waals surface area contributed by atoms with E-state index in [0.717, 1.165) is 28.6 Å². The van der Waals surface area contributed by atoms with Gasteiger partial charge in [-0.1, -0.05) is 53.9 Å². The highest BCUT2D eigenvalue weighted by atomic mass is 35.5. The highest BCUT2D eigenvalue weighted by Gasteiger charge is 2.50. The largest absolute Gasteiger partial charge is 0.260 e. The van der Waals surface area contributed by atoms with Crippen molar-refractivity contribution in [1.29, 1.82) is 0 Å². The average molecular weight is 356 g/mol. The third kappa shape index (κ3) is 2.34. The molecule has 1 nitrogen and oxygen atoms in total. The van der Waals surface area contributed by atoms with Gasteiger partial charge in [0.1, 0.15) is 0 Å². The molecule has 4 rings (SSSR count). The van der Waals surface area contributed by atoms with Crippen molar-refractivity contribution in [1.82, 2.24) is 0 Å².